The number of hydrogen-bond acceptors (Lipinski definition) is 3. The number of amides is 1. The molecule has 1 unspecified atom stereocenters. The third kappa shape index (κ3) is 3.95. The van der Waals surface area contributed by atoms with E-state index in [1.165, 1.54) is 25.0 Å². The van der Waals surface area contributed by atoms with Crippen LogP contribution < -0.4 is 10.6 Å². The van der Waals surface area contributed by atoms with E-state index < -0.39 is 5.41 Å². The smallest absolute Gasteiger partial charge is 0.230 e. The van der Waals surface area contributed by atoms with E-state index in [0.717, 1.165) is 25.1 Å². The Kier molecular flexibility index (Phi) is 5.85. The zero-order valence-electron chi connectivity index (χ0n) is 14.2. The molecule has 132 valence electrons. The summed E-state index contributed by atoms with van der Waals surface area (Å²) in [4.78, 5) is 13.0. The van der Waals surface area contributed by atoms with Crippen LogP contribution in [0.5, 0.6) is 0 Å². The largest absolute Gasteiger partial charge is 0.381 e. The maximum Gasteiger partial charge on any atom is 0.230 e. The van der Waals surface area contributed by atoms with Crippen molar-refractivity contribution in [1.82, 2.24) is 10.6 Å². The van der Waals surface area contributed by atoms with Crippen LogP contribution in [0.25, 0.3) is 0 Å². The van der Waals surface area contributed by atoms with Gasteiger partial charge in [-0.2, -0.15) is 0 Å². The van der Waals surface area contributed by atoms with Crippen molar-refractivity contribution in [3.63, 3.8) is 0 Å². The highest BCUT2D eigenvalue weighted by Crippen LogP contribution is 2.35. The summed E-state index contributed by atoms with van der Waals surface area (Å²) in [6.45, 7) is 3.90. The Morgan fingerprint density at radius 3 is 2.92 bits per heavy atom. The van der Waals surface area contributed by atoms with Crippen molar-refractivity contribution < 1.29 is 13.9 Å². The number of carbonyl (C=O) groups excluding carboxylic acids is 1. The van der Waals surface area contributed by atoms with Gasteiger partial charge < -0.3 is 15.4 Å². The molecule has 0 spiro atoms. The van der Waals surface area contributed by atoms with Gasteiger partial charge in [0.2, 0.25) is 5.91 Å². The third-order valence-electron chi connectivity index (χ3n) is 5.40. The predicted molar refractivity (Wildman–Crippen MR) is 91.4 cm³/mol. The van der Waals surface area contributed by atoms with E-state index in [2.05, 4.69) is 10.6 Å². The van der Waals surface area contributed by atoms with E-state index in [9.17, 15) is 9.18 Å². The summed E-state index contributed by atoms with van der Waals surface area (Å²) in [6.07, 6.45) is 4.64. The fourth-order valence-corrected chi connectivity index (χ4v) is 3.88. The first kappa shape index (κ1) is 17.4. The molecular formula is C19H27FN2O2. The Hall–Kier alpha value is -1.46. The molecule has 2 aliphatic rings. The molecule has 2 heterocycles. The van der Waals surface area contributed by atoms with Gasteiger partial charge >= 0.3 is 0 Å². The summed E-state index contributed by atoms with van der Waals surface area (Å²) in [5.41, 5.74) is 0.105. The second-order valence-corrected chi connectivity index (χ2v) is 6.96. The van der Waals surface area contributed by atoms with Gasteiger partial charge in [0.15, 0.2) is 0 Å². The fourth-order valence-electron chi connectivity index (χ4n) is 3.88. The second-order valence-electron chi connectivity index (χ2n) is 6.96. The summed E-state index contributed by atoms with van der Waals surface area (Å²) in [7, 11) is 0. The maximum atomic E-state index is 13.7. The molecule has 3 rings (SSSR count). The minimum atomic E-state index is -0.662. The molecule has 1 atom stereocenters. The van der Waals surface area contributed by atoms with E-state index >= 15 is 0 Å². The molecule has 0 aromatic heterocycles. The van der Waals surface area contributed by atoms with Crippen LogP contribution in [0.4, 0.5) is 4.39 Å². The SMILES string of the molecule is O=C(NCCC1CCCNC1)C1(c2cccc(F)c2)CCOCC1. The van der Waals surface area contributed by atoms with Crippen LogP contribution in [0.2, 0.25) is 0 Å². The lowest BCUT2D eigenvalue weighted by atomic mass is 9.73. The minimum absolute atomic E-state index is 0.0140. The number of rotatable bonds is 5. The van der Waals surface area contributed by atoms with Gasteiger partial charge in [0, 0.05) is 19.8 Å². The van der Waals surface area contributed by atoms with Crippen molar-refractivity contribution >= 4 is 5.91 Å². The molecule has 4 nitrogen and oxygen atoms in total. The Morgan fingerprint density at radius 1 is 1.38 bits per heavy atom. The lowest BCUT2D eigenvalue weighted by Crippen LogP contribution is -2.48. The average molecular weight is 334 g/mol. The van der Waals surface area contributed by atoms with Crippen molar-refractivity contribution in [3.8, 4) is 0 Å². The Labute approximate surface area is 143 Å². The van der Waals surface area contributed by atoms with Crippen molar-refractivity contribution in [3.05, 3.63) is 35.6 Å². The molecule has 0 aliphatic carbocycles. The number of hydrogen-bond donors (Lipinski definition) is 2. The third-order valence-corrected chi connectivity index (χ3v) is 5.40. The summed E-state index contributed by atoms with van der Waals surface area (Å²) < 4.78 is 19.1. The first-order valence-corrected chi connectivity index (χ1v) is 9.03. The van der Waals surface area contributed by atoms with E-state index in [1.54, 1.807) is 6.07 Å². The van der Waals surface area contributed by atoms with Crippen LogP contribution >= 0.6 is 0 Å². The zero-order valence-corrected chi connectivity index (χ0v) is 14.2. The van der Waals surface area contributed by atoms with Crippen LogP contribution in [0.15, 0.2) is 24.3 Å². The summed E-state index contributed by atoms with van der Waals surface area (Å²) in [5, 5.41) is 6.52. The molecule has 24 heavy (non-hydrogen) atoms. The molecule has 5 heteroatoms. The lowest BCUT2D eigenvalue weighted by Gasteiger charge is -2.36. The Morgan fingerprint density at radius 2 is 2.21 bits per heavy atom. The highest BCUT2D eigenvalue weighted by molar-refractivity contribution is 5.88. The van der Waals surface area contributed by atoms with Crippen LogP contribution in [-0.4, -0.2) is 38.8 Å². The Balaban J connectivity index is 1.65. The van der Waals surface area contributed by atoms with Crippen molar-refractivity contribution in [2.75, 3.05) is 32.8 Å². The molecule has 0 bridgehead atoms. The summed E-state index contributed by atoms with van der Waals surface area (Å²) in [5.74, 6) is 0.360. The standard InChI is InChI=1S/C19H27FN2O2/c20-17-5-1-4-16(13-17)19(7-11-24-12-8-19)18(23)22-10-6-15-3-2-9-21-14-15/h1,4-5,13,15,21H,2-3,6-12,14H2,(H,22,23). The van der Waals surface area contributed by atoms with Gasteiger partial charge in [0.1, 0.15) is 5.82 Å². The second kappa shape index (κ2) is 8.08. The molecule has 1 amide bonds. The Bertz CT molecular complexity index is 552. The number of piperidine rings is 1. The number of benzene rings is 1. The van der Waals surface area contributed by atoms with Crippen molar-refractivity contribution in [1.29, 1.82) is 0 Å². The van der Waals surface area contributed by atoms with Gasteiger partial charge in [-0.1, -0.05) is 12.1 Å². The fraction of sp³-hybridized carbons (Fsp3) is 0.632. The van der Waals surface area contributed by atoms with E-state index in [4.69, 9.17) is 4.74 Å². The quantitative estimate of drug-likeness (QED) is 0.869. The number of carbonyl (C=O) groups is 1. The van der Waals surface area contributed by atoms with Crippen LogP contribution in [0.3, 0.4) is 0 Å². The van der Waals surface area contributed by atoms with Crippen LogP contribution in [0, 0.1) is 11.7 Å². The number of ether oxygens (including phenoxy) is 1. The molecule has 1 aromatic carbocycles. The predicted octanol–water partition coefficient (Wildman–Crippen LogP) is 2.38. The molecular weight excluding hydrogens is 307 g/mol. The molecule has 0 saturated carbocycles. The molecule has 2 aliphatic heterocycles. The lowest BCUT2D eigenvalue weighted by molar-refractivity contribution is -0.130. The monoisotopic (exact) mass is 334 g/mol. The van der Waals surface area contributed by atoms with Gasteiger partial charge in [-0.15, -0.1) is 0 Å². The van der Waals surface area contributed by atoms with Crippen LogP contribution in [0.1, 0.15) is 37.7 Å². The zero-order chi connectivity index (χ0) is 16.8. The molecule has 2 saturated heterocycles. The highest BCUT2D eigenvalue weighted by atomic mass is 19.1. The van der Waals surface area contributed by atoms with E-state index in [-0.39, 0.29) is 11.7 Å². The van der Waals surface area contributed by atoms with Crippen molar-refractivity contribution in [2.45, 2.75) is 37.5 Å². The van der Waals surface area contributed by atoms with Gasteiger partial charge in [-0.05, 0) is 68.8 Å². The first-order valence-electron chi connectivity index (χ1n) is 9.03. The molecule has 1 aromatic rings. The molecule has 2 N–H and O–H groups in total. The van der Waals surface area contributed by atoms with E-state index in [0.29, 0.717) is 38.5 Å². The van der Waals surface area contributed by atoms with Crippen LogP contribution in [-0.2, 0) is 14.9 Å². The summed E-state index contributed by atoms with van der Waals surface area (Å²) in [6, 6.07) is 6.46. The van der Waals surface area contributed by atoms with E-state index in [1.807, 2.05) is 6.07 Å². The molecule has 0 radical (unpaired) electrons. The maximum absolute atomic E-state index is 13.7. The number of halogens is 1. The van der Waals surface area contributed by atoms with Gasteiger partial charge in [-0.25, -0.2) is 4.39 Å². The normalized spacial score (nSPS) is 23.6. The average Bonchev–Trinajstić information content (AvgIpc) is 2.63. The molecule has 2 fully saturated rings. The van der Waals surface area contributed by atoms with Gasteiger partial charge in [0.25, 0.3) is 0 Å². The summed E-state index contributed by atoms with van der Waals surface area (Å²) >= 11 is 0. The van der Waals surface area contributed by atoms with Crippen molar-refractivity contribution in [2.24, 2.45) is 5.92 Å². The number of nitrogens with one attached hydrogen (secondary N) is 2. The first-order chi connectivity index (χ1) is 11.7. The minimum Gasteiger partial charge on any atom is -0.381 e. The van der Waals surface area contributed by atoms with Gasteiger partial charge in [-0.3, -0.25) is 4.79 Å². The highest BCUT2D eigenvalue weighted by Gasteiger charge is 2.41. The topological polar surface area (TPSA) is 50.4 Å². The van der Waals surface area contributed by atoms with Gasteiger partial charge in [0.05, 0.1) is 5.41 Å².